The quantitative estimate of drug-likeness (QED) is 0.628. The third-order valence-corrected chi connectivity index (χ3v) is 7.84. The first kappa shape index (κ1) is 18.4. The van der Waals surface area contributed by atoms with Crippen LogP contribution in [0.5, 0.6) is 0 Å². The van der Waals surface area contributed by atoms with E-state index in [0.29, 0.717) is 11.4 Å². The SMILES string of the molecule is Cc1ccc(S(=O)(=O)N2Cc3ccccc3N3CCc4ccc(C)cc4C32)cc1. The van der Waals surface area contributed by atoms with Crippen molar-refractivity contribution in [2.75, 3.05) is 11.4 Å². The highest BCUT2D eigenvalue weighted by molar-refractivity contribution is 7.89. The van der Waals surface area contributed by atoms with Crippen LogP contribution in [-0.2, 0) is 23.0 Å². The second-order valence-corrected chi connectivity index (χ2v) is 9.90. The van der Waals surface area contributed by atoms with Crippen molar-refractivity contribution in [2.24, 2.45) is 0 Å². The minimum absolute atomic E-state index is 0.320. The second kappa shape index (κ2) is 6.71. The maximum Gasteiger partial charge on any atom is 0.245 e. The molecule has 0 aromatic heterocycles. The van der Waals surface area contributed by atoms with Crippen LogP contribution in [0, 0.1) is 13.8 Å². The summed E-state index contributed by atoms with van der Waals surface area (Å²) in [7, 11) is -3.66. The Hall–Kier alpha value is -2.63. The molecular weight excluding hydrogens is 380 g/mol. The van der Waals surface area contributed by atoms with Crippen LogP contribution in [0.4, 0.5) is 5.69 Å². The monoisotopic (exact) mass is 404 g/mol. The lowest BCUT2D eigenvalue weighted by Gasteiger charge is -2.48. The number of aryl methyl sites for hydroxylation is 2. The third kappa shape index (κ3) is 2.96. The van der Waals surface area contributed by atoms with Crippen molar-refractivity contribution >= 4 is 15.7 Å². The molecule has 0 fully saturated rings. The van der Waals surface area contributed by atoms with Crippen molar-refractivity contribution in [3.8, 4) is 0 Å². The van der Waals surface area contributed by atoms with Gasteiger partial charge in [0.2, 0.25) is 10.0 Å². The van der Waals surface area contributed by atoms with Gasteiger partial charge in [-0.2, -0.15) is 4.31 Å². The van der Waals surface area contributed by atoms with Gasteiger partial charge >= 0.3 is 0 Å². The van der Waals surface area contributed by atoms with E-state index in [1.54, 1.807) is 16.4 Å². The van der Waals surface area contributed by atoms with E-state index in [1.165, 1.54) is 5.56 Å². The molecule has 0 spiro atoms. The molecule has 4 nitrogen and oxygen atoms in total. The summed E-state index contributed by atoms with van der Waals surface area (Å²) in [6.45, 7) is 5.21. The van der Waals surface area contributed by atoms with Crippen LogP contribution >= 0.6 is 0 Å². The van der Waals surface area contributed by atoms with Crippen LogP contribution in [0.1, 0.15) is 34.0 Å². The van der Waals surface area contributed by atoms with E-state index in [0.717, 1.165) is 40.9 Å². The molecule has 5 heteroatoms. The summed E-state index contributed by atoms with van der Waals surface area (Å²) in [5, 5.41) is 0. The highest BCUT2D eigenvalue weighted by Gasteiger charge is 2.43. The van der Waals surface area contributed by atoms with Crippen molar-refractivity contribution in [1.82, 2.24) is 4.31 Å². The Labute approximate surface area is 172 Å². The fourth-order valence-electron chi connectivity index (χ4n) is 4.52. The zero-order valence-corrected chi connectivity index (χ0v) is 17.5. The van der Waals surface area contributed by atoms with Crippen molar-refractivity contribution < 1.29 is 8.42 Å². The summed E-state index contributed by atoms with van der Waals surface area (Å²) in [5.74, 6) is 0. The van der Waals surface area contributed by atoms with Crippen LogP contribution in [0.15, 0.2) is 71.6 Å². The van der Waals surface area contributed by atoms with Gasteiger partial charge in [0.25, 0.3) is 0 Å². The fourth-order valence-corrected chi connectivity index (χ4v) is 6.07. The van der Waals surface area contributed by atoms with Gasteiger partial charge in [0, 0.05) is 18.8 Å². The molecule has 29 heavy (non-hydrogen) atoms. The molecule has 0 radical (unpaired) electrons. The molecule has 1 unspecified atom stereocenters. The molecule has 0 saturated carbocycles. The first-order chi connectivity index (χ1) is 13.9. The van der Waals surface area contributed by atoms with Crippen molar-refractivity contribution in [1.29, 1.82) is 0 Å². The number of hydrogen-bond acceptors (Lipinski definition) is 3. The van der Waals surface area contributed by atoms with E-state index in [-0.39, 0.29) is 6.17 Å². The zero-order chi connectivity index (χ0) is 20.2. The standard InChI is InChI=1S/C24H24N2O2S/c1-17-8-11-21(12-9-17)29(27,28)26-16-20-5-3-4-6-23(20)25-14-13-19-10-7-18(2)15-22(19)24(25)26/h3-12,15,24H,13-14,16H2,1-2H3. The van der Waals surface area contributed by atoms with Gasteiger partial charge in [0.05, 0.1) is 4.90 Å². The van der Waals surface area contributed by atoms with Crippen LogP contribution in [0.25, 0.3) is 0 Å². The summed E-state index contributed by atoms with van der Waals surface area (Å²) in [5.41, 5.74) is 6.72. The van der Waals surface area contributed by atoms with Gasteiger partial charge in [-0.1, -0.05) is 59.7 Å². The minimum Gasteiger partial charge on any atom is -0.350 e. The van der Waals surface area contributed by atoms with Crippen LogP contribution in [0.2, 0.25) is 0 Å². The molecule has 0 bridgehead atoms. The number of anilines is 1. The Morgan fingerprint density at radius 3 is 2.38 bits per heavy atom. The largest absolute Gasteiger partial charge is 0.350 e. The van der Waals surface area contributed by atoms with Gasteiger partial charge in [0.1, 0.15) is 6.17 Å². The number of nitrogens with zero attached hydrogens (tertiary/aromatic N) is 2. The number of para-hydroxylation sites is 1. The maximum absolute atomic E-state index is 13.8. The van der Waals surface area contributed by atoms with Crippen LogP contribution in [0.3, 0.4) is 0 Å². The lowest BCUT2D eigenvalue weighted by atomic mass is 9.92. The number of fused-ring (bicyclic) bond motifs is 5. The van der Waals surface area contributed by atoms with Gasteiger partial charge in [-0.15, -0.1) is 0 Å². The fraction of sp³-hybridized carbons (Fsp3) is 0.250. The molecule has 0 amide bonds. The maximum atomic E-state index is 13.8. The van der Waals surface area contributed by atoms with Gasteiger partial charge in [-0.3, -0.25) is 0 Å². The van der Waals surface area contributed by atoms with Crippen molar-refractivity contribution in [2.45, 2.75) is 37.9 Å². The highest BCUT2D eigenvalue weighted by Crippen LogP contribution is 2.45. The molecule has 0 N–H and O–H groups in total. The van der Waals surface area contributed by atoms with Gasteiger partial charge in [-0.25, -0.2) is 8.42 Å². The molecule has 148 valence electrons. The first-order valence-electron chi connectivity index (χ1n) is 9.98. The summed E-state index contributed by atoms with van der Waals surface area (Å²) in [4.78, 5) is 2.61. The molecular formula is C24H24N2O2S. The first-order valence-corrected chi connectivity index (χ1v) is 11.4. The molecule has 2 aliphatic rings. The number of sulfonamides is 1. The van der Waals surface area contributed by atoms with Crippen LogP contribution < -0.4 is 4.90 Å². The minimum atomic E-state index is -3.66. The lowest BCUT2D eigenvalue weighted by Crippen LogP contribution is -2.50. The molecule has 2 heterocycles. The summed E-state index contributed by atoms with van der Waals surface area (Å²) < 4.78 is 29.2. The Kier molecular flexibility index (Phi) is 4.26. The Bertz CT molecular complexity index is 1190. The Morgan fingerprint density at radius 2 is 1.59 bits per heavy atom. The van der Waals surface area contributed by atoms with Gasteiger partial charge in [0.15, 0.2) is 0 Å². The molecule has 1 atom stereocenters. The van der Waals surface area contributed by atoms with Crippen molar-refractivity contribution in [3.05, 3.63) is 94.5 Å². The van der Waals surface area contributed by atoms with Crippen molar-refractivity contribution in [3.63, 3.8) is 0 Å². The number of rotatable bonds is 2. The molecule has 3 aromatic rings. The second-order valence-electron chi connectivity index (χ2n) is 8.01. The average Bonchev–Trinajstić information content (AvgIpc) is 2.73. The topological polar surface area (TPSA) is 40.6 Å². The Morgan fingerprint density at radius 1 is 0.862 bits per heavy atom. The highest BCUT2D eigenvalue weighted by atomic mass is 32.2. The predicted molar refractivity (Wildman–Crippen MR) is 115 cm³/mol. The third-order valence-electron chi connectivity index (χ3n) is 6.02. The predicted octanol–water partition coefficient (Wildman–Crippen LogP) is 4.57. The molecule has 3 aromatic carbocycles. The van der Waals surface area contributed by atoms with Gasteiger partial charge in [-0.05, 0) is 55.2 Å². The van der Waals surface area contributed by atoms with E-state index in [2.05, 4.69) is 36.1 Å². The smallest absolute Gasteiger partial charge is 0.245 e. The molecule has 0 saturated heterocycles. The number of benzene rings is 3. The van der Waals surface area contributed by atoms with E-state index in [1.807, 2.05) is 37.3 Å². The van der Waals surface area contributed by atoms with E-state index < -0.39 is 10.0 Å². The normalized spacial score (nSPS) is 18.7. The molecule has 0 aliphatic carbocycles. The lowest BCUT2D eigenvalue weighted by molar-refractivity contribution is 0.281. The number of hydrogen-bond donors (Lipinski definition) is 0. The molecule has 5 rings (SSSR count). The summed E-state index contributed by atoms with van der Waals surface area (Å²) in [6, 6.07) is 21.7. The van der Waals surface area contributed by atoms with E-state index >= 15 is 0 Å². The Balaban J connectivity index is 1.71. The van der Waals surface area contributed by atoms with Gasteiger partial charge < -0.3 is 4.90 Å². The zero-order valence-electron chi connectivity index (χ0n) is 16.7. The van der Waals surface area contributed by atoms with Crippen LogP contribution in [-0.4, -0.2) is 19.3 Å². The average molecular weight is 405 g/mol. The summed E-state index contributed by atoms with van der Waals surface area (Å²) >= 11 is 0. The summed E-state index contributed by atoms with van der Waals surface area (Å²) in [6.07, 6.45) is 0.596. The van der Waals surface area contributed by atoms with E-state index in [9.17, 15) is 8.42 Å². The molecule has 2 aliphatic heterocycles. The van der Waals surface area contributed by atoms with E-state index in [4.69, 9.17) is 0 Å².